The predicted molar refractivity (Wildman–Crippen MR) is 59.6 cm³/mol. The van der Waals surface area contributed by atoms with Crippen LogP contribution in [0, 0.1) is 0 Å². The van der Waals surface area contributed by atoms with Crippen LogP contribution in [0.5, 0.6) is 0 Å². The van der Waals surface area contributed by atoms with Gasteiger partial charge in [0.2, 0.25) is 0 Å². The largest absolute Gasteiger partial charge is 0.523 e. The van der Waals surface area contributed by atoms with E-state index in [9.17, 15) is 30.0 Å². The molecule has 7 nitrogen and oxygen atoms in total. The summed E-state index contributed by atoms with van der Waals surface area (Å²) in [6.45, 7) is -1.06. The standard InChI is InChI=1S/C8H13F3O7S2/c1-19(12,13)16-4-6-2-3-7(18-6)5-17-20(14,15)8(9,10)11/h6-7H,2-5H2,1H3/t6-,7+/m0/s1. The molecule has 0 aliphatic carbocycles. The van der Waals surface area contributed by atoms with Crippen LogP contribution >= 0.6 is 0 Å². The summed E-state index contributed by atoms with van der Waals surface area (Å²) in [5.41, 5.74) is -5.48. The zero-order valence-electron chi connectivity index (χ0n) is 10.3. The molecule has 1 saturated heterocycles. The van der Waals surface area contributed by atoms with Gasteiger partial charge in [-0.3, -0.25) is 8.37 Å². The maximum Gasteiger partial charge on any atom is 0.523 e. The fraction of sp³-hybridized carbons (Fsp3) is 1.00. The molecule has 0 radical (unpaired) electrons. The molecule has 1 fully saturated rings. The minimum atomic E-state index is -5.65. The van der Waals surface area contributed by atoms with Crippen LogP contribution in [0.3, 0.4) is 0 Å². The second kappa shape index (κ2) is 6.13. The second-order valence-corrected chi connectivity index (χ2v) is 7.38. The third kappa shape index (κ3) is 5.52. The number of alkyl halides is 3. The van der Waals surface area contributed by atoms with Crippen molar-refractivity contribution in [3.05, 3.63) is 0 Å². The first-order chi connectivity index (χ1) is 8.91. The third-order valence-electron chi connectivity index (χ3n) is 2.36. The average molecular weight is 342 g/mol. The summed E-state index contributed by atoms with van der Waals surface area (Å²) in [4.78, 5) is 0. The Morgan fingerprint density at radius 2 is 1.50 bits per heavy atom. The van der Waals surface area contributed by atoms with Crippen LogP contribution in [0.15, 0.2) is 0 Å². The highest BCUT2D eigenvalue weighted by atomic mass is 32.2. The lowest BCUT2D eigenvalue weighted by Gasteiger charge is -2.14. The lowest BCUT2D eigenvalue weighted by atomic mass is 10.2. The molecular weight excluding hydrogens is 329 g/mol. The van der Waals surface area contributed by atoms with Crippen molar-refractivity contribution < 1.29 is 43.1 Å². The maximum atomic E-state index is 12.0. The average Bonchev–Trinajstić information content (AvgIpc) is 2.69. The molecule has 0 spiro atoms. The molecule has 2 atom stereocenters. The Morgan fingerprint density at radius 3 is 1.90 bits per heavy atom. The zero-order chi connectivity index (χ0) is 15.6. The summed E-state index contributed by atoms with van der Waals surface area (Å²) in [5, 5.41) is 0. The molecule has 0 N–H and O–H groups in total. The van der Waals surface area contributed by atoms with Gasteiger partial charge in [0.25, 0.3) is 10.1 Å². The zero-order valence-corrected chi connectivity index (χ0v) is 11.9. The van der Waals surface area contributed by atoms with Crippen molar-refractivity contribution in [1.82, 2.24) is 0 Å². The highest BCUT2D eigenvalue weighted by Crippen LogP contribution is 2.27. The van der Waals surface area contributed by atoms with E-state index < -0.39 is 44.6 Å². The Bertz CT molecular complexity index is 525. The molecule has 12 heteroatoms. The van der Waals surface area contributed by atoms with Gasteiger partial charge in [-0.15, -0.1) is 0 Å². The first-order valence-electron chi connectivity index (χ1n) is 5.36. The van der Waals surface area contributed by atoms with Crippen LogP contribution < -0.4 is 0 Å². The number of hydrogen-bond donors (Lipinski definition) is 0. The molecule has 120 valence electrons. The summed E-state index contributed by atoms with van der Waals surface area (Å²) in [5.74, 6) is 0. The molecule has 0 unspecified atom stereocenters. The van der Waals surface area contributed by atoms with Crippen molar-refractivity contribution in [3.63, 3.8) is 0 Å². The Hall–Kier alpha value is -0.430. The molecule has 0 aromatic heterocycles. The molecule has 1 aliphatic heterocycles. The number of halogens is 3. The molecular formula is C8H13F3O7S2. The minimum Gasteiger partial charge on any atom is -0.370 e. The summed E-state index contributed by atoms with van der Waals surface area (Å²) in [7, 11) is -9.29. The molecule has 0 saturated carbocycles. The van der Waals surface area contributed by atoms with Crippen LogP contribution in [0.1, 0.15) is 12.8 Å². The monoisotopic (exact) mass is 342 g/mol. The SMILES string of the molecule is CS(=O)(=O)OC[C@@H]1CC[C@H](COS(=O)(=O)C(F)(F)F)O1. The van der Waals surface area contributed by atoms with Gasteiger partial charge in [0.15, 0.2) is 0 Å². The van der Waals surface area contributed by atoms with Crippen molar-refractivity contribution in [3.8, 4) is 0 Å². The van der Waals surface area contributed by atoms with E-state index in [1.165, 1.54) is 0 Å². The van der Waals surface area contributed by atoms with E-state index in [-0.39, 0.29) is 13.0 Å². The van der Waals surface area contributed by atoms with Gasteiger partial charge in [-0.25, -0.2) is 0 Å². The maximum absolute atomic E-state index is 12.0. The summed E-state index contributed by atoms with van der Waals surface area (Å²) < 4.78 is 92.2. The Labute approximate surface area is 114 Å². The lowest BCUT2D eigenvalue weighted by Crippen LogP contribution is -2.29. The fourth-order valence-electron chi connectivity index (χ4n) is 1.46. The van der Waals surface area contributed by atoms with Gasteiger partial charge in [-0.1, -0.05) is 0 Å². The molecule has 0 aromatic carbocycles. The van der Waals surface area contributed by atoms with E-state index in [0.717, 1.165) is 6.26 Å². The fourth-order valence-corrected chi connectivity index (χ4v) is 2.32. The van der Waals surface area contributed by atoms with Gasteiger partial charge in [0.1, 0.15) is 0 Å². The molecule has 20 heavy (non-hydrogen) atoms. The second-order valence-electron chi connectivity index (χ2n) is 4.13. The normalized spacial score (nSPS) is 25.0. The lowest BCUT2D eigenvalue weighted by molar-refractivity contribution is -0.0592. The Balaban J connectivity index is 2.39. The smallest absolute Gasteiger partial charge is 0.370 e. The predicted octanol–water partition coefficient (Wildman–Crippen LogP) is 0.376. The molecule has 0 bridgehead atoms. The summed E-state index contributed by atoms with van der Waals surface area (Å²) in [6, 6.07) is 0. The van der Waals surface area contributed by atoms with Crippen LogP contribution in [0.4, 0.5) is 13.2 Å². The quantitative estimate of drug-likeness (QED) is 0.508. The molecule has 0 amide bonds. The van der Waals surface area contributed by atoms with Gasteiger partial charge < -0.3 is 4.74 Å². The van der Waals surface area contributed by atoms with E-state index in [4.69, 9.17) is 4.74 Å². The van der Waals surface area contributed by atoms with Crippen molar-refractivity contribution in [2.75, 3.05) is 19.5 Å². The van der Waals surface area contributed by atoms with Gasteiger partial charge in [0.05, 0.1) is 31.7 Å². The number of ether oxygens (including phenoxy) is 1. The van der Waals surface area contributed by atoms with Crippen molar-refractivity contribution >= 4 is 20.2 Å². The minimum absolute atomic E-state index is 0.241. The van der Waals surface area contributed by atoms with Crippen molar-refractivity contribution in [1.29, 1.82) is 0 Å². The van der Waals surface area contributed by atoms with Crippen molar-refractivity contribution in [2.24, 2.45) is 0 Å². The van der Waals surface area contributed by atoms with Gasteiger partial charge in [0, 0.05) is 0 Å². The Morgan fingerprint density at radius 1 is 1.05 bits per heavy atom. The highest BCUT2D eigenvalue weighted by Gasteiger charge is 2.47. The molecule has 1 heterocycles. The van der Waals surface area contributed by atoms with Crippen LogP contribution in [-0.4, -0.2) is 54.0 Å². The molecule has 1 aliphatic rings. The van der Waals surface area contributed by atoms with Crippen molar-refractivity contribution in [2.45, 2.75) is 30.6 Å². The topological polar surface area (TPSA) is 96.0 Å². The number of hydrogen-bond acceptors (Lipinski definition) is 7. The Kier molecular flexibility index (Phi) is 5.40. The first-order valence-corrected chi connectivity index (χ1v) is 8.59. The van der Waals surface area contributed by atoms with E-state index >= 15 is 0 Å². The summed E-state index contributed by atoms with van der Waals surface area (Å²) >= 11 is 0. The number of rotatable bonds is 6. The molecule has 1 rings (SSSR count). The summed E-state index contributed by atoms with van der Waals surface area (Å²) in [6.07, 6.45) is -0.0774. The van der Waals surface area contributed by atoms with Crippen LogP contribution in [0.2, 0.25) is 0 Å². The third-order valence-corrected chi connectivity index (χ3v) is 3.93. The van der Waals surface area contributed by atoms with E-state index in [1.54, 1.807) is 0 Å². The highest BCUT2D eigenvalue weighted by molar-refractivity contribution is 7.87. The first kappa shape index (κ1) is 17.6. The van der Waals surface area contributed by atoms with Crippen LogP contribution in [0.25, 0.3) is 0 Å². The van der Waals surface area contributed by atoms with Gasteiger partial charge in [-0.05, 0) is 12.8 Å². The van der Waals surface area contributed by atoms with Crippen LogP contribution in [-0.2, 0) is 33.3 Å². The molecule has 0 aromatic rings. The van der Waals surface area contributed by atoms with Gasteiger partial charge >= 0.3 is 15.6 Å². The van der Waals surface area contributed by atoms with E-state index in [0.29, 0.717) is 6.42 Å². The van der Waals surface area contributed by atoms with Gasteiger partial charge in [-0.2, -0.15) is 30.0 Å². The van der Waals surface area contributed by atoms with E-state index in [2.05, 4.69) is 8.37 Å². The van der Waals surface area contributed by atoms with E-state index in [1.807, 2.05) is 0 Å².